The number of allylic oxidation sites excluding steroid dienone is 2. The second-order valence-electron chi connectivity index (χ2n) is 2.88. The van der Waals surface area contributed by atoms with Crippen LogP contribution in [0.25, 0.3) is 0 Å². The summed E-state index contributed by atoms with van der Waals surface area (Å²) in [7, 11) is 0. The first-order chi connectivity index (χ1) is 4.27. The van der Waals surface area contributed by atoms with Gasteiger partial charge in [0, 0.05) is 5.41 Å². The summed E-state index contributed by atoms with van der Waals surface area (Å²) in [5, 5.41) is 0. The molecule has 9 heavy (non-hydrogen) atoms. The SMILES string of the molecule is CC1([C]=O)CC=CCC1. The van der Waals surface area contributed by atoms with Crippen LogP contribution >= 0.6 is 0 Å². The van der Waals surface area contributed by atoms with Gasteiger partial charge in [-0.3, -0.25) is 4.79 Å². The van der Waals surface area contributed by atoms with Gasteiger partial charge >= 0.3 is 0 Å². The van der Waals surface area contributed by atoms with Crippen molar-refractivity contribution in [3.8, 4) is 0 Å². The molecular formula is C8H11O. The Balaban J connectivity index is 2.60. The van der Waals surface area contributed by atoms with Crippen LogP contribution in [0.3, 0.4) is 0 Å². The van der Waals surface area contributed by atoms with Crippen molar-refractivity contribution in [1.29, 1.82) is 0 Å². The first-order valence-electron chi connectivity index (χ1n) is 3.31. The first-order valence-corrected chi connectivity index (χ1v) is 3.31. The summed E-state index contributed by atoms with van der Waals surface area (Å²) in [4.78, 5) is 10.3. The van der Waals surface area contributed by atoms with E-state index < -0.39 is 0 Å². The van der Waals surface area contributed by atoms with E-state index in [0.717, 1.165) is 19.3 Å². The molecule has 0 heterocycles. The standard InChI is InChI=1S/C8H11O/c1-8(7-9)5-3-2-4-6-8/h2-3H,4-6H2,1H3. The summed E-state index contributed by atoms with van der Waals surface area (Å²) in [6, 6.07) is 0. The highest BCUT2D eigenvalue weighted by molar-refractivity contribution is 5.60. The van der Waals surface area contributed by atoms with Crippen LogP contribution in [0.5, 0.6) is 0 Å². The molecule has 0 bridgehead atoms. The maximum Gasteiger partial charge on any atom is 0.205 e. The number of hydrogen-bond donors (Lipinski definition) is 0. The molecule has 0 saturated carbocycles. The van der Waals surface area contributed by atoms with E-state index in [0.29, 0.717) is 0 Å². The van der Waals surface area contributed by atoms with E-state index >= 15 is 0 Å². The summed E-state index contributed by atoms with van der Waals surface area (Å²) in [5.74, 6) is 0. The Labute approximate surface area is 55.8 Å². The molecule has 0 aromatic rings. The fraction of sp³-hybridized carbons (Fsp3) is 0.625. The lowest BCUT2D eigenvalue weighted by Crippen LogP contribution is -2.18. The van der Waals surface area contributed by atoms with Crippen molar-refractivity contribution in [3.05, 3.63) is 12.2 Å². The van der Waals surface area contributed by atoms with Crippen LogP contribution in [0.15, 0.2) is 12.2 Å². The normalized spacial score (nSPS) is 34.3. The van der Waals surface area contributed by atoms with Crippen LogP contribution in [-0.2, 0) is 4.79 Å². The van der Waals surface area contributed by atoms with E-state index in [1.807, 2.05) is 6.92 Å². The van der Waals surface area contributed by atoms with Crippen LogP contribution in [0, 0.1) is 5.41 Å². The fourth-order valence-corrected chi connectivity index (χ4v) is 1.06. The molecule has 1 aliphatic carbocycles. The Morgan fingerprint density at radius 1 is 1.56 bits per heavy atom. The summed E-state index contributed by atoms with van der Waals surface area (Å²) in [6.45, 7) is 1.96. The van der Waals surface area contributed by atoms with Gasteiger partial charge in [-0.2, -0.15) is 0 Å². The lowest BCUT2D eigenvalue weighted by atomic mass is 9.81. The molecule has 0 saturated heterocycles. The minimum absolute atomic E-state index is 0.172. The predicted molar refractivity (Wildman–Crippen MR) is 36.8 cm³/mol. The maximum atomic E-state index is 10.3. The van der Waals surface area contributed by atoms with Crippen molar-refractivity contribution < 1.29 is 4.79 Å². The zero-order chi connectivity index (χ0) is 6.74. The molecule has 0 N–H and O–H groups in total. The van der Waals surface area contributed by atoms with Gasteiger partial charge in [-0.15, -0.1) is 0 Å². The molecule has 0 fully saturated rings. The van der Waals surface area contributed by atoms with Crippen molar-refractivity contribution >= 4 is 6.29 Å². The second-order valence-corrected chi connectivity index (χ2v) is 2.88. The van der Waals surface area contributed by atoms with Gasteiger partial charge in [0.2, 0.25) is 6.29 Å². The molecule has 0 spiro atoms. The van der Waals surface area contributed by atoms with E-state index in [4.69, 9.17) is 0 Å². The minimum atomic E-state index is -0.172. The van der Waals surface area contributed by atoms with Crippen LogP contribution < -0.4 is 0 Å². The first kappa shape index (κ1) is 6.53. The Bertz CT molecular complexity index is 138. The van der Waals surface area contributed by atoms with Crippen molar-refractivity contribution in [3.63, 3.8) is 0 Å². The molecular weight excluding hydrogens is 112 g/mol. The maximum absolute atomic E-state index is 10.3. The van der Waals surface area contributed by atoms with Crippen molar-refractivity contribution in [1.82, 2.24) is 0 Å². The molecule has 1 atom stereocenters. The zero-order valence-corrected chi connectivity index (χ0v) is 5.68. The Kier molecular flexibility index (Phi) is 1.70. The molecule has 49 valence electrons. The lowest BCUT2D eigenvalue weighted by Gasteiger charge is -2.21. The zero-order valence-electron chi connectivity index (χ0n) is 5.68. The average Bonchev–Trinajstić information content (AvgIpc) is 1.90. The number of rotatable bonds is 1. The van der Waals surface area contributed by atoms with Gasteiger partial charge in [0.05, 0.1) is 0 Å². The van der Waals surface area contributed by atoms with Gasteiger partial charge in [-0.1, -0.05) is 19.1 Å². The molecule has 1 aliphatic rings. The summed E-state index contributed by atoms with van der Waals surface area (Å²) < 4.78 is 0. The van der Waals surface area contributed by atoms with Gasteiger partial charge in [0.15, 0.2) is 0 Å². The number of carbonyl (C=O) groups excluding carboxylic acids is 1. The molecule has 1 nitrogen and oxygen atoms in total. The van der Waals surface area contributed by atoms with Crippen molar-refractivity contribution in [2.45, 2.75) is 26.2 Å². The van der Waals surface area contributed by atoms with Gasteiger partial charge in [-0.25, -0.2) is 0 Å². The summed E-state index contributed by atoms with van der Waals surface area (Å²) in [6.07, 6.45) is 9.14. The van der Waals surface area contributed by atoms with E-state index in [1.165, 1.54) is 0 Å². The van der Waals surface area contributed by atoms with E-state index in [1.54, 1.807) is 0 Å². The average molecular weight is 123 g/mol. The van der Waals surface area contributed by atoms with Crippen LogP contribution in [0.2, 0.25) is 0 Å². The second kappa shape index (κ2) is 2.34. The Hall–Kier alpha value is -0.590. The van der Waals surface area contributed by atoms with Gasteiger partial charge in [-0.05, 0) is 19.3 Å². The third kappa shape index (κ3) is 1.41. The summed E-state index contributed by atoms with van der Waals surface area (Å²) >= 11 is 0. The molecule has 1 radical (unpaired) electrons. The quantitative estimate of drug-likeness (QED) is 0.486. The highest BCUT2D eigenvalue weighted by atomic mass is 16.1. The fourth-order valence-electron chi connectivity index (χ4n) is 1.06. The topological polar surface area (TPSA) is 17.1 Å². The predicted octanol–water partition coefficient (Wildman–Crippen LogP) is 1.84. The summed E-state index contributed by atoms with van der Waals surface area (Å²) in [5.41, 5.74) is -0.172. The third-order valence-electron chi connectivity index (χ3n) is 1.84. The third-order valence-corrected chi connectivity index (χ3v) is 1.84. The smallest absolute Gasteiger partial charge is 0.205 e. The van der Waals surface area contributed by atoms with Gasteiger partial charge in [0.25, 0.3) is 0 Å². The van der Waals surface area contributed by atoms with Crippen LogP contribution in [0.1, 0.15) is 26.2 Å². The number of hydrogen-bond acceptors (Lipinski definition) is 1. The monoisotopic (exact) mass is 123 g/mol. The minimum Gasteiger partial charge on any atom is -0.290 e. The van der Waals surface area contributed by atoms with E-state index in [-0.39, 0.29) is 5.41 Å². The Morgan fingerprint density at radius 2 is 2.33 bits per heavy atom. The Morgan fingerprint density at radius 3 is 2.67 bits per heavy atom. The molecule has 0 aromatic heterocycles. The largest absolute Gasteiger partial charge is 0.290 e. The van der Waals surface area contributed by atoms with Gasteiger partial charge < -0.3 is 0 Å². The van der Waals surface area contributed by atoms with E-state index in [2.05, 4.69) is 18.4 Å². The molecule has 0 aromatic carbocycles. The van der Waals surface area contributed by atoms with Crippen molar-refractivity contribution in [2.24, 2.45) is 5.41 Å². The lowest BCUT2D eigenvalue weighted by molar-refractivity contribution is 0.387. The molecule has 0 amide bonds. The highest BCUT2D eigenvalue weighted by Crippen LogP contribution is 2.29. The van der Waals surface area contributed by atoms with Crippen molar-refractivity contribution in [2.75, 3.05) is 0 Å². The molecule has 1 heteroatoms. The van der Waals surface area contributed by atoms with E-state index in [9.17, 15) is 4.79 Å². The highest BCUT2D eigenvalue weighted by Gasteiger charge is 2.23. The molecule has 0 aliphatic heterocycles. The van der Waals surface area contributed by atoms with Gasteiger partial charge in [0.1, 0.15) is 0 Å². The van der Waals surface area contributed by atoms with Crippen LogP contribution in [0.4, 0.5) is 0 Å². The van der Waals surface area contributed by atoms with Crippen LogP contribution in [-0.4, -0.2) is 6.29 Å². The molecule has 1 rings (SSSR count). The molecule has 1 unspecified atom stereocenters.